The van der Waals surface area contributed by atoms with Crippen LogP contribution in [0, 0.1) is 0 Å². The molecule has 0 heterocycles. The molecule has 3 nitrogen and oxygen atoms in total. The molecule has 0 aliphatic rings. The molecule has 0 aromatic rings. The Labute approximate surface area is 177 Å². The minimum Gasteiger partial charge on any atom is -0.116 e. The molecule has 0 saturated carbocycles. The zero-order valence-corrected chi connectivity index (χ0v) is 20.4. The maximum absolute atomic E-state index is 12.6. The van der Waals surface area contributed by atoms with Gasteiger partial charge in [0.25, 0.3) is 0 Å². The molecule has 0 N–H and O–H groups in total. The summed E-state index contributed by atoms with van der Waals surface area (Å²) in [5, 5.41) is 0. The fraction of sp³-hybridized carbons (Fsp3) is 1.00. The highest BCUT2D eigenvalue weighted by Crippen LogP contribution is 2.34. The van der Waals surface area contributed by atoms with Crippen molar-refractivity contribution in [1.29, 1.82) is 0 Å². The van der Waals surface area contributed by atoms with Crippen LogP contribution in [0.1, 0.15) is 143 Å². The lowest BCUT2D eigenvalue weighted by atomic mass is 10.0. The van der Waals surface area contributed by atoms with E-state index in [1.807, 2.05) is 0 Å². The van der Waals surface area contributed by atoms with E-state index in [0.29, 0.717) is 0 Å². The van der Waals surface area contributed by atoms with Crippen LogP contribution in [0.4, 0.5) is 0 Å². The zero-order valence-electron chi connectivity index (χ0n) is 19.6. The molecule has 0 fully saturated rings. The quantitative estimate of drug-likeness (QED) is 0.130. The summed E-state index contributed by atoms with van der Waals surface area (Å²) in [5.41, 5.74) is 0. The van der Waals surface area contributed by atoms with Crippen LogP contribution in [0.15, 0.2) is 0 Å². The summed E-state index contributed by atoms with van der Waals surface area (Å²) in [6.45, 7) is 8.89. The summed E-state index contributed by atoms with van der Waals surface area (Å²) < 4.78 is 24.4. The Hall–Kier alpha value is 0.0200. The third kappa shape index (κ3) is 18.1. The largest absolute Gasteiger partial charge is 0.697 e. The van der Waals surface area contributed by atoms with Gasteiger partial charge in [0, 0.05) is 4.57 Å². The number of hydrogen-bond acceptors (Lipinski definition) is 3. The van der Waals surface area contributed by atoms with Crippen molar-refractivity contribution in [3.8, 4) is 0 Å². The molecular weight excluding hydrogens is 367 g/mol. The van der Waals surface area contributed by atoms with Gasteiger partial charge in [0.1, 0.15) is 12.2 Å². The highest BCUT2D eigenvalue weighted by atomic mass is 31.1. The summed E-state index contributed by atoms with van der Waals surface area (Å²) >= 11 is 0. The molecule has 0 spiro atoms. The SMILES string of the molecule is CCCCCCCC(CCCC)O[P+](=O)OC(CCCC)CCCCCCC. The van der Waals surface area contributed by atoms with E-state index in [4.69, 9.17) is 9.05 Å². The topological polar surface area (TPSA) is 35.5 Å². The average molecular weight is 418 g/mol. The number of unbranched alkanes of at least 4 members (excludes halogenated alkanes) is 10. The molecule has 28 heavy (non-hydrogen) atoms. The van der Waals surface area contributed by atoms with Crippen LogP contribution < -0.4 is 0 Å². The Morgan fingerprint density at radius 1 is 0.500 bits per heavy atom. The molecule has 0 radical (unpaired) electrons. The van der Waals surface area contributed by atoms with E-state index in [0.717, 1.165) is 51.4 Å². The van der Waals surface area contributed by atoms with Gasteiger partial charge in [-0.05, 0) is 25.7 Å². The Balaban J connectivity index is 4.33. The van der Waals surface area contributed by atoms with Gasteiger partial charge in [-0.15, -0.1) is 9.05 Å². The van der Waals surface area contributed by atoms with E-state index in [-0.39, 0.29) is 12.2 Å². The normalized spacial score (nSPS) is 14.2. The van der Waals surface area contributed by atoms with Crippen LogP contribution in [0.3, 0.4) is 0 Å². The van der Waals surface area contributed by atoms with E-state index in [9.17, 15) is 4.57 Å². The van der Waals surface area contributed by atoms with Crippen molar-refractivity contribution in [3.05, 3.63) is 0 Å². The molecule has 0 aromatic carbocycles. The van der Waals surface area contributed by atoms with E-state index < -0.39 is 8.25 Å². The van der Waals surface area contributed by atoms with Crippen molar-refractivity contribution in [1.82, 2.24) is 0 Å². The predicted octanol–water partition coefficient (Wildman–Crippen LogP) is 9.52. The summed E-state index contributed by atoms with van der Waals surface area (Å²) in [6.07, 6.45) is 21.5. The van der Waals surface area contributed by atoms with Crippen molar-refractivity contribution < 1.29 is 13.6 Å². The lowest BCUT2D eigenvalue weighted by Crippen LogP contribution is -2.13. The molecular formula is C24H50O3P+. The molecule has 2 unspecified atom stereocenters. The molecule has 0 bridgehead atoms. The second-order valence-electron chi connectivity index (χ2n) is 8.37. The monoisotopic (exact) mass is 417 g/mol. The Bertz CT molecular complexity index is 306. The Morgan fingerprint density at radius 2 is 0.821 bits per heavy atom. The third-order valence-electron chi connectivity index (χ3n) is 5.49. The van der Waals surface area contributed by atoms with Gasteiger partial charge in [-0.1, -0.05) is 118 Å². The average Bonchev–Trinajstić information content (AvgIpc) is 2.69. The Kier molecular flexibility index (Phi) is 21.7. The van der Waals surface area contributed by atoms with Crippen molar-refractivity contribution in [3.63, 3.8) is 0 Å². The number of rotatable bonds is 22. The van der Waals surface area contributed by atoms with Crippen molar-refractivity contribution >= 4 is 8.25 Å². The fourth-order valence-electron chi connectivity index (χ4n) is 3.58. The second kappa shape index (κ2) is 21.7. The lowest BCUT2D eigenvalue weighted by molar-refractivity contribution is 0.107. The predicted molar refractivity (Wildman–Crippen MR) is 123 cm³/mol. The van der Waals surface area contributed by atoms with Crippen LogP contribution in [-0.2, 0) is 13.6 Å². The molecule has 0 aromatic heterocycles. The summed E-state index contributed by atoms with van der Waals surface area (Å²) in [7, 11) is -2.00. The van der Waals surface area contributed by atoms with Crippen molar-refractivity contribution in [2.24, 2.45) is 0 Å². The smallest absolute Gasteiger partial charge is 0.116 e. The van der Waals surface area contributed by atoms with Gasteiger partial charge in [-0.25, -0.2) is 0 Å². The summed E-state index contributed by atoms with van der Waals surface area (Å²) in [5.74, 6) is 0. The minimum atomic E-state index is -2.00. The molecule has 0 aliphatic heterocycles. The molecule has 0 aliphatic carbocycles. The highest BCUT2D eigenvalue weighted by Gasteiger charge is 2.31. The van der Waals surface area contributed by atoms with Crippen LogP contribution in [0.2, 0.25) is 0 Å². The first-order valence-corrected chi connectivity index (χ1v) is 13.6. The first-order valence-electron chi connectivity index (χ1n) is 12.5. The van der Waals surface area contributed by atoms with E-state index in [1.54, 1.807) is 0 Å². The van der Waals surface area contributed by atoms with Crippen LogP contribution in [-0.4, -0.2) is 12.2 Å². The zero-order chi connectivity index (χ0) is 20.9. The van der Waals surface area contributed by atoms with E-state index in [1.165, 1.54) is 64.2 Å². The molecule has 4 heteroatoms. The van der Waals surface area contributed by atoms with Gasteiger partial charge in [-0.3, -0.25) is 0 Å². The first kappa shape index (κ1) is 28.0. The standard InChI is InChI=1S/C24H50O3P/c1-5-9-13-15-17-21-23(19-11-7-3)26-28(25)27-24(20-12-8-4)22-18-16-14-10-6-2/h23-24H,5-22H2,1-4H3/q+1. The van der Waals surface area contributed by atoms with Gasteiger partial charge >= 0.3 is 8.25 Å². The van der Waals surface area contributed by atoms with Gasteiger partial charge in [0.2, 0.25) is 0 Å². The van der Waals surface area contributed by atoms with E-state index >= 15 is 0 Å². The van der Waals surface area contributed by atoms with Crippen molar-refractivity contribution in [2.75, 3.05) is 0 Å². The van der Waals surface area contributed by atoms with Crippen LogP contribution >= 0.6 is 8.25 Å². The lowest BCUT2D eigenvalue weighted by Gasteiger charge is -2.13. The maximum Gasteiger partial charge on any atom is 0.697 e. The molecule has 0 rings (SSSR count). The van der Waals surface area contributed by atoms with Gasteiger partial charge in [-0.2, -0.15) is 0 Å². The van der Waals surface area contributed by atoms with Crippen LogP contribution in [0.5, 0.6) is 0 Å². The number of hydrogen-bond donors (Lipinski definition) is 0. The fourth-order valence-corrected chi connectivity index (χ4v) is 4.54. The molecule has 168 valence electrons. The van der Waals surface area contributed by atoms with Crippen molar-refractivity contribution in [2.45, 2.75) is 155 Å². The van der Waals surface area contributed by atoms with Gasteiger partial charge in [0.05, 0.1) is 0 Å². The highest BCUT2D eigenvalue weighted by molar-refractivity contribution is 7.33. The van der Waals surface area contributed by atoms with E-state index in [2.05, 4.69) is 27.7 Å². The minimum absolute atomic E-state index is 0.0987. The first-order chi connectivity index (χ1) is 13.7. The second-order valence-corrected chi connectivity index (χ2v) is 9.24. The molecule has 2 atom stereocenters. The van der Waals surface area contributed by atoms with Gasteiger partial charge in [0.15, 0.2) is 0 Å². The molecule has 0 saturated heterocycles. The van der Waals surface area contributed by atoms with Gasteiger partial charge < -0.3 is 0 Å². The van der Waals surface area contributed by atoms with Crippen LogP contribution in [0.25, 0.3) is 0 Å². The Morgan fingerprint density at radius 3 is 1.18 bits per heavy atom. The maximum atomic E-state index is 12.6. The summed E-state index contributed by atoms with van der Waals surface area (Å²) in [4.78, 5) is 0. The molecule has 0 amide bonds. The third-order valence-corrected chi connectivity index (χ3v) is 6.43. The summed E-state index contributed by atoms with van der Waals surface area (Å²) in [6, 6.07) is 0.